The molecule has 1 unspecified atom stereocenters. The van der Waals surface area contributed by atoms with Crippen molar-refractivity contribution >= 4 is 11.8 Å². The molecule has 0 spiro atoms. The molecule has 0 saturated carbocycles. The first-order valence-corrected chi connectivity index (χ1v) is 8.36. The van der Waals surface area contributed by atoms with Crippen LogP contribution in [0.3, 0.4) is 0 Å². The second-order valence-electron chi connectivity index (χ2n) is 4.72. The molecule has 2 rings (SSSR count). The highest BCUT2D eigenvalue weighted by Crippen LogP contribution is 2.32. The van der Waals surface area contributed by atoms with Gasteiger partial charge in [-0.2, -0.15) is 11.8 Å². The molecule has 0 fully saturated rings. The van der Waals surface area contributed by atoms with E-state index in [1.54, 1.807) is 0 Å². The van der Waals surface area contributed by atoms with Crippen LogP contribution in [0.4, 0.5) is 0 Å². The molecule has 4 heteroatoms. The molecule has 0 bridgehead atoms. The van der Waals surface area contributed by atoms with Gasteiger partial charge < -0.3 is 14.8 Å². The average Bonchev–Trinajstić information content (AvgIpc) is 2.67. The Labute approximate surface area is 120 Å². The van der Waals surface area contributed by atoms with E-state index in [-0.39, 0.29) is 0 Å². The molecule has 1 heterocycles. The molecule has 3 nitrogen and oxygen atoms in total. The van der Waals surface area contributed by atoms with Crippen LogP contribution in [0, 0.1) is 0 Å². The molecule has 1 aliphatic rings. The number of ether oxygens (including phenoxy) is 2. The van der Waals surface area contributed by atoms with Gasteiger partial charge in [0.15, 0.2) is 11.5 Å². The van der Waals surface area contributed by atoms with E-state index in [2.05, 4.69) is 30.6 Å². The summed E-state index contributed by atoms with van der Waals surface area (Å²) in [5.41, 5.74) is 1.28. The minimum absolute atomic E-state index is 0.382. The van der Waals surface area contributed by atoms with Crippen LogP contribution >= 0.6 is 11.8 Å². The lowest BCUT2D eigenvalue weighted by molar-refractivity contribution is 0.297. The zero-order chi connectivity index (χ0) is 13.5. The van der Waals surface area contributed by atoms with Gasteiger partial charge in [-0.1, -0.05) is 13.0 Å². The second-order valence-corrected chi connectivity index (χ2v) is 5.63. The van der Waals surface area contributed by atoms with Gasteiger partial charge in [-0.25, -0.2) is 0 Å². The summed E-state index contributed by atoms with van der Waals surface area (Å²) in [5, 5.41) is 3.59. The van der Waals surface area contributed by atoms with E-state index in [1.807, 2.05) is 17.8 Å². The molecule has 0 aromatic heterocycles. The van der Waals surface area contributed by atoms with Crippen LogP contribution in [0.1, 0.15) is 31.4 Å². The quantitative estimate of drug-likeness (QED) is 0.867. The molecule has 0 radical (unpaired) electrons. The topological polar surface area (TPSA) is 30.5 Å². The molecule has 0 saturated heterocycles. The maximum absolute atomic E-state index is 5.76. The first-order chi connectivity index (χ1) is 9.35. The van der Waals surface area contributed by atoms with Gasteiger partial charge in [-0.05, 0) is 36.9 Å². The van der Waals surface area contributed by atoms with Crippen LogP contribution < -0.4 is 14.8 Å². The van der Waals surface area contributed by atoms with Crippen LogP contribution in [-0.2, 0) is 0 Å². The molecule has 1 aromatic rings. The minimum atomic E-state index is 0.382. The normalized spacial score (nSPS) is 15.9. The van der Waals surface area contributed by atoms with Crippen molar-refractivity contribution in [1.82, 2.24) is 5.32 Å². The Bertz CT molecular complexity index is 398. The number of fused-ring (bicyclic) bond motifs is 1. The summed E-state index contributed by atoms with van der Waals surface area (Å²) in [6, 6.07) is 6.70. The molecule has 0 amide bonds. The highest BCUT2D eigenvalue weighted by Gasteiger charge is 2.15. The van der Waals surface area contributed by atoms with E-state index < -0.39 is 0 Å². The number of benzene rings is 1. The molecular weight excluding hydrogens is 258 g/mol. The Morgan fingerprint density at radius 3 is 2.79 bits per heavy atom. The zero-order valence-corrected chi connectivity index (χ0v) is 12.6. The fourth-order valence-corrected chi connectivity index (χ4v) is 2.80. The largest absolute Gasteiger partial charge is 0.490 e. The van der Waals surface area contributed by atoms with Crippen molar-refractivity contribution in [3.63, 3.8) is 0 Å². The van der Waals surface area contributed by atoms with Gasteiger partial charge in [0.05, 0.1) is 13.2 Å². The third-order valence-electron chi connectivity index (χ3n) is 3.15. The lowest BCUT2D eigenvalue weighted by atomic mass is 10.1. The van der Waals surface area contributed by atoms with Crippen LogP contribution in [-0.4, -0.2) is 31.8 Å². The molecule has 19 heavy (non-hydrogen) atoms. The molecular formula is C15H23NO2S. The lowest BCUT2D eigenvalue weighted by Crippen LogP contribution is -2.24. The summed E-state index contributed by atoms with van der Waals surface area (Å²) >= 11 is 1.86. The van der Waals surface area contributed by atoms with Gasteiger partial charge in [-0.15, -0.1) is 0 Å². The summed E-state index contributed by atoms with van der Waals surface area (Å²) in [6.45, 7) is 4.72. The van der Waals surface area contributed by atoms with E-state index in [1.165, 1.54) is 5.56 Å². The standard InChI is InChI=1S/C15H23NO2S/c1-3-7-16-13(11-19-2)12-5-6-14-15(10-12)18-9-4-8-17-14/h5-6,10,13,16H,3-4,7-9,11H2,1-2H3. The molecule has 1 aromatic carbocycles. The first kappa shape index (κ1) is 14.5. The molecule has 1 aliphatic heterocycles. The van der Waals surface area contributed by atoms with Crippen LogP contribution in [0.2, 0.25) is 0 Å². The predicted molar refractivity (Wildman–Crippen MR) is 81.5 cm³/mol. The van der Waals surface area contributed by atoms with Crippen molar-refractivity contribution in [3.05, 3.63) is 23.8 Å². The number of hydrogen-bond donors (Lipinski definition) is 1. The lowest BCUT2D eigenvalue weighted by Gasteiger charge is -2.19. The summed E-state index contributed by atoms with van der Waals surface area (Å²) < 4.78 is 11.4. The van der Waals surface area contributed by atoms with E-state index in [0.717, 1.165) is 49.9 Å². The number of hydrogen-bond acceptors (Lipinski definition) is 4. The highest BCUT2D eigenvalue weighted by atomic mass is 32.2. The van der Waals surface area contributed by atoms with E-state index >= 15 is 0 Å². The van der Waals surface area contributed by atoms with Crippen LogP contribution in [0.5, 0.6) is 11.5 Å². The summed E-state index contributed by atoms with van der Waals surface area (Å²) in [6.07, 6.45) is 4.24. The fraction of sp³-hybridized carbons (Fsp3) is 0.600. The van der Waals surface area contributed by atoms with Gasteiger partial charge >= 0.3 is 0 Å². The minimum Gasteiger partial charge on any atom is -0.490 e. The Morgan fingerprint density at radius 1 is 1.26 bits per heavy atom. The number of nitrogens with one attached hydrogen (secondary N) is 1. The van der Waals surface area contributed by atoms with Crippen molar-refractivity contribution in [1.29, 1.82) is 0 Å². The SMILES string of the molecule is CCCNC(CSC)c1ccc2c(c1)OCCCO2. The number of rotatable bonds is 6. The molecule has 1 atom stereocenters. The molecule has 106 valence electrons. The first-order valence-electron chi connectivity index (χ1n) is 6.97. The summed E-state index contributed by atoms with van der Waals surface area (Å²) in [4.78, 5) is 0. The second kappa shape index (κ2) is 7.65. The van der Waals surface area contributed by atoms with Crippen molar-refractivity contribution in [3.8, 4) is 11.5 Å². The summed E-state index contributed by atoms with van der Waals surface area (Å²) in [5.74, 6) is 2.83. The predicted octanol–water partition coefficient (Wildman–Crippen LogP) is 3.25. The Kier molecular flexibility index (Phi) is 5.86. The third kappa shape index (κ3) is 4.05. The smallest absolute Gasteiger partial charge is 0.161 e. The van der Waals surface area contributed by atoms with Crippen LogP contribution in [0.15, 0.2) is 18.2 Å². The fourth-order valence-electron chi connectivity index (χ4n) is 2.15. The monoisotopic (exact) mass is 281 g/mol. The third-order valence-corrected chi connectivity index (χ3v) is 3.81. The van der Waals surface area contributed by atoms with Gasteiger partial charge in [-0.3, -0.25) is 0 Å². The highest BCUT2D eigenvalue weighted by molar-refractivity contribution is 7.98. The maximum Gasteiger partial charge on any atom is 0.161 e. The maximum atomic E-state index is 5.76. The zero-order valence-electron chi connectivity index (χ0n) is 11.8. The summed E-state index contributed by atoms with van der Waals surface area (Å²) in [7, 11) is 0. The number of thioether (sulfide) groups is 1. The van der Waals surface area contributed by atoms with Crippen molar-refractivity contribution < 1.29 is 9.47 Å². The van der Waals surface area contributed by atoms with E-state index in [4.69, 9.17) is 9.47 Å². The van der Waals surface area contributed by atoms with E-state index in [9.17, 15) is 0 Å². The van der Waals surface area contributed by atoms with Gasteiger partial charge in [0.25, 0.3) is 0 Å². The van der Waals surface area contributed by atoms with Gasteiger partial charge in [0, 0.05) is 18.2 Å². The van der Waals surface area contributed by atoms with Crippen molar-refractivity contribution in [2.45, 2.75) is 25.8 Å². The average molecular weight is 281 g/mol. The Morgan fingerprint density at radius 2 is 2.05 bits per heavy atom. The van der Waals surface area contributed by atoms with Gasteiger partial charge in [0.2, 0.25) is 0 Å². The Hall–Kier alpha value is -0.870. The molecule has 0 aliphatic carbocycles. The molecule has 1 N–H and O–H groups in total. The van der Waals surface area contributed by atoms with Crippen LogP contribution in [0.25, 0.3) is 0 Å². The Balaban J connectivity index is 2.15. The van der Waals surface area contributed by atoms with Crippen molar-refractivity contribution in [2.24, 2.45) is 0 Å². The van der Waals surface area contributed by atoms with Gasteiger partial charge in [0.1, 0.15) is 0 Å². The van der Waals surface area contributed by atoms with E-state index in [0.29, 0.717) is 6.04 Å². The van der Waals surface area contributed by atoms with Crippen molar-refractivity contribution in [2.75, 3.05) is 31.8 Å².